The molecular formula is C11H17F2NO3S2. The van der Waals surface area contributed by atoms with E-state index >= 15 is 0 Å². The summed E-state index contributed by atoms with van der Waals surface area (Å²) in [6.45, 7) is 3.29. The summed E-state index contributed by atoms with van der Waals surface area (Å²) >= 11 is 1.05. The summed E-state index contributed by atoms with van der Waals surface area (Å²) in [5.41, 5.74) is -0.201. The molecule has 0 atom stereocenters. The Morgan fingerprint density at radius 3 is 2.32 bits per heavy atom. The van der Waals surface area contributed by atoms with E-state index in [1.807, 2.05) is 20.8 Å². The fraction of sp³-hybridized carbons (Fsp3) is 0.636. The van der Waals surface area contributed by atoms with Crippen molar-refractivity contribution in [2.75, 3.05) is 13.2 Å². The first kappa shape index (κ1) is 16.5. The minimum Gasteiger partial charge on any atom is -0.390 e. The van der Waals surface area contributed by atoms with Gasteiger partial charge in [0.05, 0.1) is 6.54 Å². The minimum atomic E-state index is -3.97. The third-order valence-electron chi connectivity index (χ3n) is 2.34. The summed E-state index contributed by atoms with van der Waals surface area (Å²) in [6.07, 6.45) is 0. The van der Waals surface area contributed by atoms with Crippen molar-refractivity contribution in [3.8, 4) is 0 Å². The Kier molecular flexibility index (Phi) is 4.71. The molecule has 19 heavy (non-hydrogen) atoms. The molecule has 0 saturated carbocycles. The first-order valence-electron chi connectivity index (χ1n) is 5.57. The van der Waals surface area contributed by atoms with Crippen molar-refractivity contribution in [3.05, 3.63) is 17.0 Å². The van der Waals surface area contributed by atoms with Crippen molar-refractivity contribution in [2.24, 2.45) is 0 Å². The fourth-order valence-electron chi connectivity index (χ4n) is 1.20. The van der Waals surface area contributed by atoms with E-state index in [2.05, 4.69) is 0 Å². The van der Waals surface area contributed by atoms with Gasteiger partial charge in [0.25, 0.3) is 5.92 Å². The number of hydrogen-bond donors (Lipinski definition) is 2. The van der Waals surface area contributed by atoms with Crippen LogP contribution in [0.4, 0.5) is 8.78 Å². The molecule has 1 heterocycles. The smallest absolute Gasteiger partial charge is 0.283 e. The van der Waals surface area contributed by atoms with E-state index in [-0.39, 0.29) is 9.62 Å². The topological polar surface area (TPSA) is 66.4 Å². The molecule has 110 valence electrons. The number of aliphatic hydroxyl groups is 1. The zero-order valence-corrected chi connectivity index (χ0v) is 12.5. The zero-order chi connectivity index (χ0) is 14.9. The van der Waals surface area contributed by atoms with Gasteiger partial charge in [-0.2, -0.15) is 0 Å². The normalized spacial score (nSPS) is 13.8. The van der Waals surface area contributed by atoms with E-state index in [9.17, 15) is 17.2 Å². The van der Waals surface area contributed by atoms with Gasteiger partial charge in [-0.05, 0) is 17.5 Å². The second kappa shape index (κ2) is 5.43. The molecule has 0 radical (unpaired) electrons. The second-order valence-corrected chi connectivity index (χ2v) is 8.28. The van der Waals surface area contributed by atoms with Gasteiger partial charge in [-0.15, -0.1) is 11.3 Å². The van der Waals surface area contributed by atoms with Crippen molar-refractivity contribution in [2.45, 2.75) is 36.3 Å². The van der Waals surface area contributed by atoms with Gasteiger partial charge in [0.15, 0.2) is 0 Å². The van der Waals surface area contributed by atoms with Gasteiger partial charge in [0.2, 0.25) is 10.0 Å². The van der Waals surface area contributed by atoms with Crippen LogP contribution < -0.4 is 4.72 Å². The van der Waals surface area contributed by atoms with E-state index in [1.54, 1.807) is 10.8 Å². The average Bonchev–Trinajstić information content (AvgIpc) is 2.76. The molecule has 0 aliphatic heterocycles. The monoisotopic (exact) mass is 313 g/mol. The zero-order valence-electron chi connectivity index (χ0n) is 10.9. The van der Waals surface area contributed by atoms with Crippen molar-refractivity contribution in [1.82, 2.24) is 4.72 Å². The van der Waals surface area contributed by atoms with E-state index in [4.69, 9.17) is 5.11 Å². The van der Waals surface area contributed by atoms with Crippen LogP contribution in [0.5, 0.6) is 0 Å². The van der Waals surface area contributed by atoms with Crippen molar-refractivity contribution >= 4 is 21.4 Å². The van der Waals surface area contributed by atoms with Gasteiger partial charge in [-0.3, -0.25) is 0 Å². The maximum Gasteiger partial charge on any atom is 0.283 e. The van der Waals surface area contributed by atoms with Gasteiger partial charge in [0.1, 0.15) is 10.8 Å². The lowest BCUT2D eigenvalue weighted by Crippen LogP contribution is -2.38. The first-order chi connectivity index (χ1) is 8.48. The molecular weight excluding hydrogens is 296 g/mol. The van der Waals surface area contributed by atoms with Crippen LogP contribution >= 0.6 is 11.3 Å². The van der Waals surface area contributed by atoms with Crippen LogP contribution in [-0.4, -0.2) is 32.6 Å². The average molecular weight is 313 g/mol. The Labute approximate surface area is 115 Å². The number of aliphatic hydroxyl groups excluding tert-OH is 1. The SMILES string of the molecule is CC(C)(C)c1ccc(S(=O)(=O)NCC(F)(F)CO)s1. The Balaban J connectivity index is 2.87. The molecule has 0 bridgehead atoms. The van der Waals surface area contributed by atoms with Gasteiger partial charge in [-0.25, -0.2) is 21.9 Å². The summed E-state index contributed by atoms with van der Waals surface area (Å²) in [7, 11) is -3.97. The molecule has 1 rings (SSSR count). The molecule has 8 heteroatoms. The van der Waals surface area contributed by atoms with Crippen LogP contribution in [-0.2, 0) is 15.4 Å². The highest BCUT2D eigenvalue weighted by Gasteiger charge is 2.31. The van der Waals surface area contributed by atoms with E-state index < -0.39 is 29.1 Å². The maximum absolute atomic E-state index is 12.8. The van der Waals surface area contributed by atoms with Gasteiger partial charge < -0.3 is 5.11 Å². The molecule has 0 aliphatic rings. The maximum atomic E-state index is 12.8. The summed E-state index contributed by atoms with van der Waals surface area (Å²) < 4.78 is 51.1. The lowest BCUT2D eigenvalue weighted by molar-refractivity contribution is -0.0437. The third kappa shape index (κ3) is 4.48. The summed E-state index contributed by atoms with van der Waals surface area (Å²) in [6, 6.07) is 3.06. The number of sulfonamides is 1. The first-order valence-corrected chi connectivity index (χ1v) is 7.87. The minimum absolute atomic E-state index is 0.00818. The third-order valence-corrected chi connectivity index (χ3v) is 5.74. The summed E-state index contributed by atoms with van der Waals surface area (Å²) in [5, 5.41) is 8.39. The highest BCUT2D eigenvalue weighted by Crippen LogP contribution is 2.31. The molecule has 0 spiro atoms. The highest BCUT2D eigenvalue weighted by molar-refractivity contribution is 7.91. The predicted molar refractivity (Wildman–Crippen MR) is 70.2 cm³/mol. The Hall–Kier alpha value is -0.570. The predicted octanol–water partition coefficient (Wildman–Crippen LogP) is 1.95. The van der Waals surface area contributed by atoms with Gasteiger partial charge >= 0.3 is 0 Å². The van der Waals surface area contributed by atoms with Gasteiger partial charge in [-0.1, -0.05) is 20.8 Å². The Bertz CT molecular complexity index is 532. The van der Waals surface area contributed by atoms with Crippen LogP contribution in [0.2, 0.25) is 0 Å². The number of rotatable bonds is 5. The number of alkyl halides is 2. The number of nitrogens with one attached hydrogen (secondary N) is 1. The molecule has 4 nitrogen and oxygen atoms in total. The molecule has 0 fully saturated rings. The van der Waals surface area contributed by atoms with Crippen molar-refractivity contribution in [1.29, 1.82) is 0 Å². The van der Waals surface area contributed by atoms with Crippen LogP contribution in [0.1, 0.15) is 25.6 Å². The van der Waals surface area contributed by atoms with Crippen LogP contribution in [0.3, 0.4) is 0 Å². The van der Waals surface area contributed by atoms with Crippen LogP contribution in [0, 0.1) is 0 Å². The summed E-state index contributed by atoms with van der Waals surface area (Å²) in [4.78, 5) is 0.849. The van der Waals surface area contributed by atoms with Crippen LogP contribution in [0.15, 0.2) is 16.3 Å². The molecule has 0 unspecified atom stereocenters. The van der Waals surface area contributed by atoms with E-state index in [0.717, 1.165) is 16.2 Å². The molecule has 1 aromatic rings. The van der Waals surface area contributed by atoms with Crippen LogP contribution in [0.25, 0.3) is 0 Å². The Morgan fingerprint density at radius 1 is 1.32 bits per heavy atom. The lowest BCUT2D eigenvalue weighted by atomic mass is 9.95. The largest absolute Gasteiger partial charge is 0.390 e. The second-order valence-electron chi connectivity index (χ2n) is 5.21. The number of thiophene rings is 1. The standard InChI is InChI=1S/C11H17F2NO3S2/c1-10(2,3)8-4-5-9(18-8)19(16,17)14-6-11(12,13)7-15/h4-5,14-15H,6-7H2,1-3H3. The number of hydrogen-bond acceptors (Lipinski definition) is 4. The quantitative estimate of drug-likeness (QED) is 0.873. The molecule has 0 aromatic carbocycles. The van der Waals surface area contributed by atoms with Gasteiger partial charge in [0, 0.05) is 4.88 Å². The van der Waals surface area contributed by atoms with Crippen molar-refractivity contribution in [3.63, 3.8) is 0 Å². The Morgan fingerprint density at radius 2 is 1.89 bits per heavy atom. The molecule has 0 saturated heterocycles. The summed E-state index contributed by atoms with van der Waals surface area (Å²) in [5.74, 6) is -3.46. The number of halogens is 2. The van der Waals surface area contributed by atoms with E-state index in [1.165, 1.54) is 6.07 Å². The molecule has 0 amide bonds. The fourth-order valence-corrected chi connectivity index (χ4v) is 3.67. The molecule has 0 aliphatic carbocycles. The van der Waals surface area contributed by atoms with Crippen molar-refractivity contribution < 1.29 is 22.3 Å². The molecule has 1 aromatic heterocycles. The highest BCUT2D eigenvalue weighted by atomic mass is 32.2. The molecule has 2 N–H and O–H groups in total. The lowest BCUT2D eigenvalue weighted by Gasteiger charge is -2.15. The van der Waals surface area contributed by atoms with E-state index in [0.29, 0.717) is 0 Å².